The van der Waals surface area contributed by atoms with Crippen molar-refractivity contribution in [2.75, 3.05) is 0 Å². The van der Waals surface area contributed by atoms with E-state index in [4.69, 9.17) is 10.5 Å². The first-order chi connectivity index (χ1) is 12.6. The lowest BCUT2D eigenvalue weighted by atomic mass is 9.83. The van der Waals surface area contributed by atoms with Gasteiger partial charge in [-0.05, 0) is 29.8 Å². The van der Waals surface area contributed by atoms with Crippen molar-refractivity contribution in [2.45, 2.75) is 5.92 Å². The monoisotopic (exact) mass is 408 g/mol. The normalized spacial score (nSPS) is 15.9. The molecule has 2 heterocycles. The number of halogens is 1. The van der Waals surface area contributed by atoms with Crippen molar-refractivity contribution in [3.8, 4) is 29.0 Å². The molecule has 0 amide bonds. The summed E-state index contributed by atoms with van der Waals surface area (Å²) in [5.41, 5.74) is 9.48. The summed E-state index contributed by atoms with van der Waals surface area (Å²) < 4.78 is 6.53. The minimum Gasteiger partial charge on any atom is -0.508 e. The summed E-state index contributed by atoms with van der Waals surface area (Å²) >= 11 is 3.43. The van der Waals surface area contributed by atoms with E-state index < -0.39 is 5.92 Å². The number of nitrogens with zero attached hydrogens (tertiary/aromatic N) is 2. The SMILES string of the molecule is N#CC1=C(N)Oc2n[nH]c(-c3ccc(Br)cc3)c2[C@@H]1c1ccc(O)cc1. The standard InChI is InChI=1S/C19H13BrN4O2/c20-12-5-1-11(2-6-12)17-16-15(10-3-7-13(25)8-4-10)14(9-21)18(22)26-19(16)24-23-17/h1-8,15,25H,22H2,(H,23,24)/t15-/m1/s1. The summed E-state index contributed by atoms with van der Waals surface area (Å²) in [7, 11) is 0. The molecule has 1 atom stereocenters. The van der Waals surface area contributed by atoms with Crippen LogP contribution in [0.15, 0.2) is 64.5 Å². The number of hydrogen-bond donors (Lipinski definition) is 3. The molecule has 0 bridgehead atoms. The van der Waals surface area contributed by atoms with Crippen LogP contribution < -0.4 is 10.5 Å². The van der Waals surface area contributed by atoms with Crippen molar-refractivity contribution in [1.82, 2.24) is 10.2 Å². The van der Waals surface area contributed by atoms with Gasteiger partial charge < -0.3 is 15.6 Å². The highest BCUT2D eigenvalue weighted by molar-refractivity contribution is 9.10. The molecule has 6 nitrogen and oxygen atoms in total. The largest absolute Gasteiger partial charge is 0.508 e. The number of nitriles is 1. The molecule has 0 radical (unpaired) electrons. The number of aromatic amines is 1. The van der Waals surface area contributed by atoms with Gasteiger partial charge in [0.25, 0.3) is 0 Å². The summed E-state index contributed by atoms with van der Waals surface area (Å²) in [6.45, 7) is 0. The molecule has 2 aromatic carbocycles. The Bertz CT molecular complexity index is 1050. The van der Waals surface area contributed by atoms with Crippen LogP contribution in [0.25, 0.3) is 11.3 Å². The van der Waals surface area contributed by atoms with E-state index in [0.717, 1.165) is 26.9 Å². The quantitative estimate of drug-likeness (QED) is 0.597. The number of phenols is 1. The third-order valence-electron chi connectivity index (χ3n) is 4.30. The lowest BCUT2D eigenvalue weighted by Gasteiger charge is -2.24. The van der Waals surface area contributed by atoms with Crippen LogP contribution in [0.2, 0.25) is 0 Å². The second kappa shape index (κ2) is 6.24. The number of nitrogens with two attached hydrogens (primary N) is 1. The molecule has 0 unspecified atom stereocenters. The first kappa shape index (κ1) is 16.2. The van der Waals surface area contributed by atoms with E-state index in [1.807, 2.05) is 24.3 Å². The van der Waals surface area contributed by atoms with Gasteiger partial charge in [0.15, 0.2) is 0 Å². The fraction of sp³-hybridized carbons (Fsp3) is 0.0526. The highest BCUT2D eigenvalue weighted by Gasteiger charge is 2.35. The maximum atomic E-state index is 9.65. The van der Waals surface area contributed by atoms with Crippen molar-refractivity contribution in [1.29, 1.82) is 5.26 Å². The van der Waals surface area contributed by atoms with Crippen molar-refractivity contribution in [3.63, 3.8) is 0 Å². The van der Waals surface area contributed by atoms with Crippen LogP contribution in [0.3, 0.4) is 0 Å². The third kappa shape index (κ3) is 2.61. The van der Waals surface area contributed by atoms with Crippen LogP contribution in [-0.4, -0.2) is 15.3 Å². The molecule has 7 heteroatoms. The van der Waals surface area contributed by atoms with Gasteiger partial charge in [0.1, 0.15) is 17.4 Å². The summed E-state index contributed by atoms with van der Waals surface area (Å²) in [5.74, 6) is 0.0861. The van der Waals surface area contributed by atoms with Crippen LogP contribution in [0.4, 0.5) is 0 Å². The van der Waals surface area contributed by atoms with Gasteiger partial charge in [-0.2, -0.15) is 5.26 Å². The Labute approximate surface area is 157 Å². The number of nitrogens with one attached hydrogen (secondary N) is 1. The maximum absolute atomic E-state index is 9.65. The zero-order chi connectivity index (χ0) is 18.3. The fourth-order valence-electron chi connectivity index (χ4n) is 3.08. The summed E-state index contributed by atoms with van der Waals surface area (Å²) in [6.07, 6.45) is 0. The van der Waals surface area contributed by atoms with Crippen molar-refractivity contribution < 1.29 is 9.84 Å². The van der Waals surface area contributed by atoms with E-state index >= 15 is 0 Å². The van der Waals surface area contributed by atoms with Crippen LogP contribution in [0.5, 0.6) is 11.6 Å². The van der Waals surface area contributed by atoms with E-state index in [1.54, 1.807) is 24.3 Å². The van der Waals surface area contributed by atoms with Crippen LogP contribution in [0.1, 0.15) is 17.0 Å². The molecule has 0 saturated heterocycles. The molecule has 4 rings (SSSR count). The molecule has 4 N–H and O–H groups in total. The number of aromatic nitrogens is 2. The molecule has 128 valence electrons. The van der Waals surface area contributed by atoms with E-state index in [1.165, 1.54) is 0 Å². The fourth-order valence-corrected chi connectivity index (χ4v) is 3.35. The van der Waals surface area contributed by atoms with Crippen LogP contribution >= 0.6 is 15.9 Å². The van der Waals surface area contributed by atoms with E-state index in [-0.39, 0.29) is 11.6 Å². The minimum absolute atomic E-state index is 0.0342. The first-order valence-electron chi connectivity index (χ1n) is 7.79. The van der Waals surface area contributed by atoms with Crippen molar-refractivity contribution >= 4 is 15.9 Å². The molecular weight excluding hydrogens is 396 g/mol. The molecule has 1 aliphatic heterocycles. The number of hydrogen-bond acceptors (Lipinski definition) is 5. The van der Waals surface area contributed by atoms with Gasteiger partial charge in [-0.3, -0.25) is 5.10 Å². The topological polar surface area (TPSA) is 108 Å². The van der Waals surface area contributed by atoms with Gasteiger partial charge in [0.05, 0.1) is 17.2 Å². The van der Waals surface area contributed by atoms with E-state index in [0.29, 0.717) is 11.5 Å². The first-order valence-corrected chi connectivity index (χ1v) is 8.58. The van der Waals surface area contributed by atoms with Gasteiger partial charge in [-0.15, -0.1) is 5.10 Å². The molecule has 1 aromatic heterocycles. The number of fused-ring (bicyclic) bond motifs is 1. The lowest BCUT2D eigenvalue weighted by Crippen LogP contribution is -2.20. The van der Waals surface area contributed by atoms with E-state index in [2.05, 4.69) is 32.2 Å². The molecule has 26 heavy (non-hydrogen) atoms. The molecule has 0 saturated carbocycles. The Morgan fingerprint density at radius 3 is 2.50 bits per heavy atom. The maximum Gasteiger partial charge on any atom is 0.244 e. The molecule has 0 aliphatic carbocycles. The summed E-state index contributed by atoms with van der Waals surface area (Å²) in [6, 6.07) is 16.6. The molecule has 0 fully saturated rings. The van der Waals surface area contributed by atoms with Gasteiger partial charge in [0.2, 0.25) is 11.8 Å². The van der Waals surface area contributed by atoms with Crippen molar-refractivity contribution in [3.05, 3.63) is 75.6 Å². The second-order valence-corrected chi connectivity index (χ2v) is 6.76. The number of rotatable bonds is 2. The molecular formula is C19H13BrN4O2. The average molecular weight is 409 g/mol. The lowest BCUT2D eigenvalue weighted by molar-refractivity contribution is 0.379. The third-order valence-corrected chi connectivity index (χ3v) is 4.83. The smallest absolute Gasteiger partial charge is 0.244 e. The average Bonchev–Trinajstić information content (AvgIpc) is 3.05. The highest BCUT2D eigenvalue weighted by Crippen LogP contribution is 2.45. The number of aromatic hydroxyl groups is 1. The number of phenolic OH excluding ortho intramolecular Hbond substituents is 1. The molecule has 0 spiro atoms. The number of ether oxygens (including phenoxy) is 1. The van der Waals surface area contributed by atoms with E-state index in [9.17, 15) is 10.4 Å². The zero-order valence-electron chi connectivity index (χ0n) is 13.4. The van der Waals surface area contributed by atoms with Gasteiger partial charge in [0, 0.05) is 10.0 Å². The zero-order valence-corrected chi connectivity index (χ0v) is 15.0. The number of benzene rings is 2. The Morgan fingerprint density at radius 1 is 1.15 bits per heavy atom. The van der Waals surface area contributed by atoms with Gasteiger partial charge >= 0.3 is 0 Å². The van der Waals surface area contributed by atoms with Gasteiger partial charge in [-0.25, -0.2) is 0 Å². The van der Waals surface area contributed by atoms with Gasteiger partial charge in [-0.1, -0.05) is 40.2 Å². The Morgan fingerprint density at radius 2 is 1.85 bits per heavy atom. The van der Waals surface area contributed by atoms with Crippen molar-refractivity contribution in [2.24, 2.45) is 5.73 Å². The minimum atomic E-state index is -0.443. The predicted molar refractivity (Wildman–Crippen MR) is 99.1 cm³/mol. The van der Waals surface area contributed by atoms with Crippen LogP contribution in [0, 0.1) is 11.3 Å². The molecule has 1 aliphatic rings. The highest BCUT2D eigenvalue weighted by atomic mass is 79.9. The molecule has 3 aromatic rings. The summed E-state index contributed by atoms with van der Waals surface area (Å²) in [4.78, 5) is 0. The number of allylic oxidation sites excluding steroid dienone is 1. The number of H-pyrrole nitrogens is 1. The summed E-state index contributed by atoms with van der Waals surface area (Å²) in [5, 5.41) is 26.5. The predicted octanol–water partition coefficient (Wildman–Crippen LogP) is 3.76. The Balaban J connectivity index is 1.93. The Hall–Kier alpha value is -3.24. The Kier molecular flexibility index (Phi) is 3.90. The van der Waals surface area contributed by atoms with Crippen LogP contribution in [-0.2, 0) is 0 Å². The second-order valence-electron chi connectivity index (χ2n) is 5.84.